The molecular weight excluding hydrogens is 438 g/mol. The van der Waals surface area contributed by atoms with Gasteiger partial charge in [-0.1, -0.05) is 40.5 Å². The van der Waals surface area contributed by atoms with Gasteiger partial charge in [0.2, 0.25) is 23.6 Å². The summed E-state index contributed by atoms with van der Waals surface area (Å²) in [6, 6.07) is -4.24. The van der Waals surface area contributed by atoms with Crippen molar-refractivity contribution in [2.45, 2.75) is 77.5 Å². The summed E-state index contributed by atoms with van der Waals surface area (Å²) < 4.78 is 0. The fraction of sp³-hybridized carbons (Fsp3) is 0.750. The normalized spacial score (nSPS) is 16.6. The summed E-state index contributed by atoms with van der Waals surface area (Å²) in [5.41, 5.74) is 10.8. The molecule has 12 heteroatoms. The first-order valence-corrected chi connectivity index (χ1v) is 11.3. The van der Waals surface area contributed by atoms with Crippen LogP contribution in [-0.4, -0.2) is 64.6 Å². The lowest BCUT2D eigenvalue weighted by Gasteiger charge is -2.28. The van der Waals surface area contributed by atoms with E-state index in [1.54, 1.807) is 20.8 Å². The van der Waals surface area contributed by atoms with E-state index in [-0.39, 0.29) is 30.4 Å². The third-order valence-electron chi connectivity index (χ3n) is 5.42. The maximum atomic E-state index is 12.9. The molecule has 8 N–H and O–H groups in total. The van der Waals surface area contributed by atoms with Gasteiger partial charge in [0.15, 0.2) is 0 Å². The summed E-state index contributed by atoms with van der Waals surface area (Å²) in [5.74, 6) is -4.39. The zero-order chi connectivity index (χ0) is 25.0. The number of aliphatic carboxylic acids is 1. The molecule has 0 aliphatic carbocycles. The van der Waals surface area contributed by atoms with Crippen molar-refractivity contribution in [1.82, 2.24) is 16.0 Å². The van der Waals surface area contributed by atoms with Gasteiger partial charge in [0, 0.05) is 12.2 Å². The number of hydrogen-bond acceptors (Lipinski definition) is 7. The molecule has 184 valence electrons. The van der Waals surface area contributed by atoms with Gasteiger partial charge in [-0.3, -0.25) is 19.2 Å². The lowest BCUT2D eigenvalue weighted by molar-refractivity contribution is -0.143. The van der Waals surface area contributed by atoms with E-state index < -0.39 is 53.8 Å². The lowest BCUT2D eigenvalue weighted by Crippen LogP contribution is -2.59. The quantitative estimate of drug-likeness (QED) is 0.150. The third kappa shape index (κ3) is 9.86. The van der Waals surface area contributed by atoms with Crippen molar-refractivity contribution in [2.24, 2.45) is 23.3 Å². The van der Waals surface area contributed by atoms with Crippen molar-refractivity contribution < 1.29 is 29.1 Å². The van der Waals surface area contributed by atoms with Crippen LogP contribution in [0.2, 0.25) is 0 Å². The molecule has 0 fully saturated rings. The highest BCUT2D eigenvalue weighted by atomic mass is 32.1. The van der Waals surface area contributed by atoms with Crippen LogP contribution in [0.25, 0.3) is 0 Å². The second-order valence-electron chi connectivity index (χ2n) is 7.94. The molecular formula is C20H37N5O6S. The Morgan fingerprint density at radius 2 is 1.38 bits per heavy atom. The number of thiol groups is 1. The number of carbonyl (C=O) groups is 5. The first-order chi connectivity index (χ1) is 14.9. The predicted molar refractivity (Wildman–Crippen MR) is 123 cm³/mol. The van der Waals surface area contributed by atoms with E-state index in [0.717, 1.165) is 0 Å². The average molecular weight is 476 g/mol. The van der Waals surface area contributed by atoms with Gasteiger partial charge in [0.05, 0.1) is 6.04 Å². The Morgan fingerprint density at radius 1 is 0.875 bits per heavy atom. The molecule has 0 spiro atoms. The van der Waals surface area contributed by atoms with Crippen LogP contribution in [0.4, 0.5) is 0 Å². The van der Waals surface area contributed by atoms with Crippen LogP contribution in [0.5, 0.6) is 0 Å². The Hall–Kier alpha value is -2.34. The van der Waals surface area contributed by atoms with Crippen LogP contribution in [0.3, 0.4) is 0 Å². The average Bonchev–Trinajstić information content (AvgIpc) is 2.75. The van der Waals surface area contributed by atoms with Gasteiger partial charge in [-0.05, 0) is 18.3 Å². The van der Waals surface area contributed by atoms with Crippen LogP contribution in [0.15, 0.2) is 0 Å². The second kappa shape index (κ2) is 14.7. The monoisotopic (exact) mass is 475 g/mol. The summed E-state index contributed by atoms with van der Waals surface area (Å²) in [7, 11) is 0. The molecule has 4 amide bonds. The largest absolute Gasteiger partial charge is 0.480 e. The molecule has 0 aromatic rings. The fourth-order valence-corrected chi connectivity index (χ4v) is 3.04. The number of hydrogen-bond donors (Lipinski definition) is 7. The fourth-order valence-electron chi connectivity index (χ4n) is 2.78. The van der Waals surface area contributed by atoms with Crippen LogP contribution < -0.4 is 27.4 Å². The number of nitrogens with two attached hydrogens (primary N) is 2. The van der Waals surface area contributed by atoms with Crippen molar-refractivity contribution in [1.29, 1.82) is 0 Å². The number of carboxylic acid groups (broad SMARTS) is 1. The summed E-state index contributed by atoms with van der Waals surface area (Å²) in [6.07, 6.45) is 1.04. The Balaban J connectivity index is 5.31. The number of amides is 4. The third-order valence-corrected chi connectivity index (χ3v) is 5.79. The molecule has 0 aromatic heterocycles. The maximum absolute atomic E-state index is 12.9. The molecule has 0 saturated heterocycles. The van der Waals surface area contributed by atoms with Crippen LogP contribution in [0.1, 0.15) is 53.4 Å². The van der Waals surface area contributed by atoms with Gasteiger partial charge in [-0.2, -0.15) is 12.6 Å². The summed E-state index contributed by atoms with van der Waals surface area (Å²) in [4.78, 5) is 60.2. The predicted octanol–water partition coefficient (Wildman–Crippen LogP) is -0.860. The molecule has 0 bridgehead atoms. The molecule has 0 aliphatic rings. The zero-order valence-electron chi connectivity index (χ0n) is 19.1. The molecule has 6 atom stereocenters. The minimum Gasteiger partial charge on any atom is -0.480 e. The Kier molecular flexibility index (Phi) is 13.6. The second-order valence-corrected chi connectivity index (χ2v) is 8.30. The Bertz CT molecular complexity index is 677. The number of nitrogens with one attached hydrogen (secondary N) is 3. The van der Waals surface area contributed by atoms with Gasteiger partial charge in [-0.25, -0.2) is 4.79 Å². The highest BCUT2D eigenvalue weighted by Gasteiger charge is 2.33. The van der Waals surface area contributed by atoms with Crippen molar-refractivity contribution in [3.8, 4) is 0 Å². The van der Waals surface area contributed by atoms with Crippen molar-refractivity contribution in [3.63, 3.8) is 0 Å². The van der Waals surface area contributed by atoms with Gasteiger partial charge >= 0.3 is 5.97 Å². The number of carboxylic acids is 1. The van der Waals surface area contributed by atoms with Gasteiger partial charge in [0.25, 0.3) is 0 Å². The van der Waals surface area contributed by atoms with E-state index in [1.807, 2.05) is 6.92 Å². The highest BCUT2D eigenvalue weighted by molar-refractivity contribution is 7.80. The Labute approximate surface area is 194 Å². The van der Waals surface area contributed by atoms with Crippen LogP contribution in [0, 0.1) is 11.8 Å². The zero-order valence-corrected chi connectivity index (χ0v) is 20.0. The Morgan fingerprint density at radius 3 is 1.81 bits per heavy atom. The summed E-state index contributed by atoms with van der Waals surface area (Å²) in [6.45, 7) is 7.08. The molecule has 0 radical (unpaired) electrons. The molecule has 6 unspecified atom stereocenters. The molecule has 0 aromatic carbocycles. The maximum Gasteiger partial charge on any atom is 0.326 e. The molecule has 0 aliphatic heterocycles. The number of rotatable bonds is 15. The van der Waals surface area contributed by atoms with E-state index in [0.29, 0.717) is 12.8 Å². The van der Waals surface area contributed by atoms with Crippen molar-refractivity contribution >= 4 is 42.2 Å². The van der Waals surface area contributed by atoms with Crippen LogP contribution >= 0.6 is 12.6 Å². The van der Waals surface area contributed by atoms with E-state index in [2.05, 4.69) is 28.6 Å². The molecule has 0 heterocycles. The number of primary amides is 1. The summed E-state index contributed by atoms with van der Waals surface area (Å²) >= 11 is 4.10. The SMILES string of the molecule is CCC(C)C(NC(=O)C(CS)NC(=O)C(NC(=O)C(N)CCC(N)=O)C(C)CC)C(=O)O. The van der Waals surface area contributed by atoms with E-state index >= 15 is 0 Å². The van der Waals surface area contributed by atoms with Crippen LogP contribution in [-0.2, 0) is 24.0 Å². The first kappa shape index (κ1) is 29.7. The molecule has 32 heavy (non-hydrogen) atoms. The van der Waals surface area contributed by atoms with Gasteiger partial charge in [0.1, 0.15) is 18.1 Å². The molecule has 11 nitrogen and oxygen atoms in total. The standard InChI is InChI=1S/C20H37N5O6S/c1-5-10(3)15(24-17(27)12(21)7-8-14(22)26)19(29)23-13(9-32)18(28)25-16(20(30)31)11(4)6-2/h10-13,15-16,32H,5-9,21H2,1-4H3,(H2,22,26)(H,23,29)(H,24,27)(H,25,28)(H,30,31). The van der Waals surface area contributed by atoms with Crippen molar-refractivity contribution in [3.05, 3.63) is 0 Å². The van der Waals surface area contributed by atoms with E-state index in [4.69, 9.17) is 11.5 Å². The topological polar surface area (TPSA) is 194 Å². The highest BCUT2D eigenvalue weighted by Crippen LogP contribution is 2.11. The molecule has 0 rings (SSSR count). The van der Waals surface area contributed by atoms with Crippen molar-refractivity contribution in [2.75, 3.05) is 5.75 Å². The number of carbonyl (C=O) groups excluding carboxylic acids is 4. The van der Waals surface area contributed by atoms with Gasteiger partial charge < -0.3 is 32.5 Å². The first-order valence-electron chi connectivity index (χ1n) is 10.7. The minimum atomic E-state index is -1.17. The smallest absolute Gasteiger partial charge is 0.326 e. The van der Waals surface area contributed by atoms with E-state index in [1.165, 1.54) is 0 Å². The van der Waals surface area contributed by atoms with E-state index in [9.17, 15) is 29.1 Å². The minimum absolute atomic E-state index is 0.0316. The van der Waals surface area contributed by atoms with Gasteiger partial charge in [-0.15, -0.1) is 0 Å². The lowest BCUT2D eigenvalue weighted by atomic mass is 9.97. The summed E-state index contributed by atoms with van der Waals surface area (Å²) in [5, 5.41) is 16.9. The molecule has 0 saturated carbocycles.